The van der Waals surface area contributed by atoms with Crippen LogP contribution in [-0.4, -0.2) is 51.9 Å². The lowest BCUT2D eigenvalue weighted by molar-refractivity contribution is -0.133. The Morgan fingerprint density at radius 3 is 2.06 bits per heavy atom. The lowest BCUT2D eigenvalue weighted by Gasteiger charge is -2.30. The number of rotatable bonds is 16. The number of benzene rings is 4. The van der Waals surface area contributed by atoms with Gasteiger partial charge in [-0.15, -0.1) is 0 Å². The Morgan fingerprint density at radius 2 is 1.40 bits per heavy atom. The van der Waals surface area contributed by atoms with Crippen molar-refractivity contribution in [2.24, 2.45) is 5.92 Å². The second-order valence-electron chi connectivity index (χ2n) is 13.0. The molecule has 1 aromatic heterocycles. The van der Waals surface area contributed by atoms with Gasteiger partial charge in [0, 0.05) is 23.6 Å². The van der Waals surface area contributed by atoms with Gasteiger partial charge in [0.25, 0.3) is 19.3 Å². The van der Waals surface area contributed by atoms with Crippen LogP contribution in [0.25, 0.3) is 10.9 Å². The number of nitrogens with one attached hydrogen (secondary N) is 4. The van der Waals surface area contributed by atoms with Crippen LogP contribution < -0.4 is 15.7 Å². The van der Waals surface area contributed by atoms with Crippen molar-refractivity contribution in [2.45, 2.75) is 51.9 Å². The summed E-state index contributed by atoms with van der Waals surface area (Å²) in [5.74, 6) is -2.88. The van der Waals surface area contributed by atoms with Crippen LogP contribution in [0.15, 0.2) is 115 Å². The van der Waals surface area contributed by atoms with Gasteiger partial charge in [0.15, 0.2) is 0 Å². The molecule has 4 amide bonds. The topological polar surface area (TPSA) is 150 Å². The SMILES string of the molecule is CC[C@H](C)[C@H](NP(=O)(CN1C(=O)c2ccccc2C1=O)OCc1ccccc1)C(=O)NC(=O)[C@H](Cc1c[nH]c2ccccc12)NCc1ccccc1. The number of carbonyl (C=O) groups excluding carboxylic acids is 4. The van der Waals surface area contributed by atoms with Crippen molar-refractivity contribution in [1.82, 2.24) is 25.6 Å². The molecular formula is C40H42N5O6P. The molecule has 2 heterocycles. The van der Waals surface area contributed by atoms with Gasteiger partial charge in [-0.25, -0.2) is 5.09 Å². The fourth-order valence-corrected chi connectivity index (χ4v) is 8.24. The maximum Gasteiger partial charge on any atom is 0.290 e. The molecule has 1 aliphatic rings. The summed E-state index contributed by atoms with van der Waals surface area (Å²) in [6.45, 7) is 3.93. The van der Waals surface area contributed by atoms with E-state index in [1.807, 2.05) is 73.8 Å². The van der Waals surface area contributed by atoms with Crippen molar-refractivity contribution < 1.29 is 28.3 Å². The van der Waals surface area contributed by atoms with Crippen molar-refractivity contribution in [1.29, 1.82) is 0 Å². The van der Waals surface area contributed by atoms with Crippen LogP contribution >= 0.6 is 7.52 Å². The highest BCUT2D eigenvalue weighted by Gasteiger charge is 2.43. The first-order chi connectivity index (χ1) is 25.2. The highest BCUT2D eigenvalue weighted by atomic mass is 31.2. The van der Waals surface area contributed by atoms with E-state index in [-0.39, 0.29) is 24.2 Å². The van der Waals surface area contributed by atoms with Gasteiger partial charge in [-0.2, -0.15) is 0 Å². The molecule has 0 spiro atoms. The quantitative estimate of drug-likeness (QED) is 0.0698. The van der Waals surface area contributed by atoms with E-state index in [0.29, 0.717) is 18.5 Å². The number of amides is 4. The first kappa shape index (κ1) is 36.6. The summed E-state index contributed by atoms with van der Waals surface area (Å²) in [6, 6.07) is 30.9. The summed E-state index contributed by atoms with van der Waals surface area (Å²) in [6.07, 6.45) is 2.02. The number of H-pyrrole nitrogens is 1. The monoisotopic (exact) mass is 719 g/mol. The summed E-state index contributed by atoms with van der Waals surface area (Å²) < 4.78 is 20.8. The maximum absolute atomic E-state index is 14.8. The first-order valence-electron chi connectivity index (χ1n) is 17.3. The van der Waals surface area contributed by atoms with Crippen LogP contribution in [0, 0.1) is 5.92 Å². The van der Waals surface area contributed by atoms with E-state index >= 15 is 0 Å². The lowest BCUT2D eigenvalue weighted by Crippen LogP contribution is -2.54. The molecule has 5 aromatic rings. The number of imide groups is 2. The Bertz CT molecular complexity index is 2070. The van der Waals surface area contributed by atoms with Crippen LogP contribution in [0.3, 0.4) is 0 Å². The molecule has 6 rings (SSSR count). The predicted octanol–water partition coefficient (Wildman–Crippen LogP) is 6.18. The Labute approximate surface area is 302 Å². The van der Waals surface area contributed by atoms with E-state index in [2.05, 4.69) is 20.7 Å². The van der Waals surface area contributed by atoms with E-state index in [1.165, 1.54) is 12.1 Å². The zero-order valence-corrected chi connectivity index (χ0v) is 30.0. The number of hydrogen-bond donors (Lipinski definition) is 4. The second-order valence-corrected chi connectivity index (χ2v) is 15.1. The summed E-state index contributed by atoms with van der Waals surface area (Å²) in [5, 5.41) is 9.78. The van der Waals surface area contributed by atoms with Crippen LogP contribution in [0.5, 0.6) is 0 Å². The molecule has 0 aliphatic carbocycles. The number of aromatic amines is 1. The van der Waals surface area contributed by atoms with Gasteiger partial charge in [-0.3, -0.25) is 34.0 Å². The van der Waals surface area contributed by atoms with Gasteiger partial charge >= 0.3 is 0 Å². The third-order valence-corrected chi connectivity index (χ3v) is 11.2. The van der Waals surface area contributed by atoms with Crippen molar-refractivity contribution >= 4 is 42.1 Å². The fraction of sp³-hybridized carbons (Fsp3) is 0.250. The molecule has 11 nitrogen and oxygen atoms in total. The summed E-state index contributed by atoms with van der Waals surface area (Å²) in [4.78, 5) is 58.9. The molecule has 4 atom stereocenters. The highest BCUT2D eigenvalue weighted by molar-refractivity contribution is 7.56. The smallest absolute Gasteiger partial charge is 0.290 e. The molecule has 12 heteroatoms. The predicted molar refractivity (Wildman–Crippen MR) is 199 cm³/mol. The van der Waals surface area contributed by atoms with Gasteiger partial charge in [0.05, 0.1) is 29.8 Å². The van der Waals surface area contributed by atoms with E-state index in [4.69, 9.17) is 4.52 Å². The van der Waals surface area contributed by atoms with E-state index in [0.717, 1.165) is 26.9 Å². The van der Waals surface area contributed by atoms with Crippen molar-refractivity contribution in [3.05, 3.63) is 143 Å². The van der Waals surface area contributed by atoms with Crippen LogP contribution in [0.1, 0.15) is 57.7 Å². The number of aromatic nitrogens is 1. The van der Waals surface area contributed by atoms with Gasteiger partial charge in [0.2, 0.25) is 11.8 Å². The van der Waals surface area contributed by atoms with E-state index < -0.39 is 55.4 Å². The zero-order chi connectivity index (χ0) is 36.7. The maximum atomic E-state index is 14.8. The number of nitrogens with zero attached hydrogens (tertiary/aromatic N) is 1. The number of para-hydroxylation sites is 1. The highest BCUT2D eigenvalue weighted by Crippen LogP contribution is 2.47. The van der Waals surface area contributed by atoms with Crippen LogP contribution in [0.4, 0.5) is 0 Å². The summed E-state index contributed by atoms with van der Waals surface area (Å²) >= 11 is 0. The molecular weight excluding hydrogens is 677 g/mol. The van der Waals surface area contributed by atoms with E-state index in [9.17, 15) is 23.7 Å². The largest absolute Gasteiger partial charge is 0.361 e. The zero-order valence-electron chi connectivity index (χ0n) is 29.1. The Balaban J connectivity index is 1.24. The fourth-order valence-electron chi connectivity index (χ4n) is 6.22. The molecule has 0 radical (unpaired) electrons. The van der Waals surface area contributed by atoms with E-state index in [1.54, 1.807) is 43.3 Å². The molecule has 1 aliphatic heterocycles. The van der Waals surface area contributed by atoms with Crippen LogP contribution in [0.2, 0.25) is 0 Å². The Hall–Kier alpha value is -5.19. The van der Waals surface area contributed by atoms with Crippen molar-refractivity contribution in [3.8, 4) is 0 Å². The van der Waals surface area contributed by atoms with Crippen LogP contribution in [-0.2, 0) is 38.3 Å². The van der Waals surface area contributed by atoms with Crippen molar-refractivity contribution in [2.75, 3.05) is 6.29 Å². The van der Waals surface area contributed by atoms with Gasteiger partial charge in [-0.1, -0.05) is 111 Å². The van der Waals surface area contributed by atoms with Gasteiger partial charge in [0.1, 0.15) is 6.29 Å². The number of hydrogen-bond acceptors (Lipinski definition) is 7. The molecule has 0 bridgehead atoms. The normalized spacial score (nSPS) is 15.5. The summed E-state index contributed by atoms with van der Waals surface area (Å²) in [5.41, 5.74) is 3.91. The van der Waals surface area contributed by atoms with Gasteiger partial charge < -0.3 is 14.8 Å². The Morgan fingerprint density at radius 1 is 0.808 bits per heavy atom. The second kappa shape index (κ2) is 16.4. The molecule has 4 N–H and O–H groups in total. The molecule has 0 saturated heterocycles. The number of fused-ring (bicyclic) bond motifs is 2. The molecule has 1 unspecified atom stereocenters. The van der Waals surface area contributed by atoms with Crippen molar-refractivity contribution in [3.63, 3.8) is 0 Å². The first-order valence-corrected chi connectivity index (χ1v) is 19.1. The summed E-state index contributed by atoms with van der Waals surface area (Å²) in [7, 11) is -4.17. The molecule has 0 saturated carbocycles. The average molecular weight is 720 g/mol. The Kier molecular flexibility index (Phi) is 11.6. The lowest BCUT2D eigenvalue weighted by atomic mass is 9.99. The molecule has 52 heavy (non-hydrogen) atoms. The molecule has 4 aromatic carbocycles. The number of carbonyl (C=O) groups is 4. The standard InChI is InChI=1S/C40H42N5O6P/c1-3-27(2)36(44-52(50,51-25-29-16-8-5-9-17-29)26-45-39(48)32-19-10-11-20-33(32)40(45)49)38(47)43-37(46)35(41-23-28-14-6-4-7-15-28)22-30-24-42-34-21-13-12-18-31(30)34/h4-21,24,27,35-36,41-42H,3,22-23,25-26H2,1-2H3,(H,44,50)(H,43,46,47)/t27-,35-,36-,52?/m0/s1. The minimum absolute atomic E-state index is 0.113. The van der Waals surface area contributed by atoms with Gasteiger partial charge in [-0.05, 0) is 47.2 Å². The third-order valence-electron chi connectivity index (χ3n) is 9.38. The average Bonchev–Trinajstić information content (AvgIpc) is 3.69. The minimum atomic E-state index is -4.17. The minimum Gasteiger partial charge on any atom is -0.361 e. The third kappa shape index (κ3) is 8.46. The molecule has 268 valence electrons. The molecule has 0 fully saturated rings.